The fraction of sp³-hybridized carbons (Fsp3) is 0.368. The van der Waals surface area contributed by atoms with Gasteiger partial charge in [-0.1, -0.05) is 12.1 Å². The van der Waals surface area contributed by atoms with Crippen LogP contribution in [0.2, 0.25) is 0 Å². The highest BCUT2D eigenvalue weighted by Crippen LogP contribution is 2.30. The Morgan fingerprint density at radius 2 is 2.19 bits per heavy atom. The van der Waals surface area contributed by atoms with Gasteiger partial charge in [-0.25, -0.2) is 4.39 Å². The number of aromatic nitrogens is 2. The molecule has 1 N–H and O–H groups in total. The summed E-state index contributed by atoms with van der Waals surface area (Å²) in [5.74, 6) is -0.544. The number of amides is 2. The summed E-state index contributed by atoms with van der Waals surface area (Å²) in [6, 6.07) is 5.92. The highest BCUT2D eigenvalue weighted by Gasteiger charge is 2.29. The molecule has 1 aromatic carbocycles. The second-order valence-electron chi connectivity index (χ2n) is 6.39. The maximum absolute atomic E-state index is 13.2. The zero-order chi connectivity index (χ0) is 18.5. The van der Waals surface area contributed by atoms with Crippen molar-refractivity contribution in [1.29, 1.82) is 0 Å². The van der Waals surface area contributed by atoms with Gasteiger partial charge in [0.15, 0.2) is 0 Å². The standard InChI is InChI=1S/C19H21FN4O2/c1-13(25)24-7-3-6-18(24)17-12-21-10-16(23-17)11-22-19(26)9-14-4-2-5-15(20)8-14/h2,4-5,8,10,12,18H,3,6-7,9,11H2,1H3,(H,22,26)/t18-/m0/s1. The highest BCUT2D eigenvalue weighted by atomic mass is 19.1. The SMILES string of the molecule is CC(=O)N1CCC[C@H]1c1cncc(CNC(=O)Cc2cccc(F)c2)n1. The topological polar surface area (TPSA) is 75.2 Å². The van der Waals surface area contributed by atoms with Crippen molar-refractivity contribution in [2.75, 3.05) is 6.54 Å². The van der Waals surface area contributed by atoms with E-state index in [-0.39, 0.29) is 36.6 Å². The number of benzene rings is 1. The molecule has 1 fully saturated rings. The van der Waals surface area contributed by atoms with E-state index in [0.717, 1.165) is 25.1 Å². The van der Waals surface area contributed by atoms with E-state index in [4.69, 9.17) is 0 Å². The summed E-state index contributed by atoms with van der Waals surface area (Å²) < 4.78 is 13.2. The van der Waals surface area contributed by atoms with Crippen molar-refractivity contribution in [2.45, 2.75) is 38.8 Å². The lowest BCUT2D eigenvalue weighted by molar-refractivity contribution is -0.129. The Bertz CT molecular complexity index is 812. The van der Waals surface area contributed by atoms with E-state index < -0.39 is 0 Å². The Balaban J connectivity index is 1.60. The molecular formula is C19H21FN4O2. The van der Waals surface area contributed by atoms with Gasteiger partial charge in [0.25, 0.3) is 0 Å². The number of halogens is 1. The second kappa shape index (κ2) is 8.03. The van der Waals surface area contributed by atoms with Crippen LogP contribution in [0.1, 0.15) is 42.8 Å². The predicted molar refractivity (Wildman–Crippen MR) is 93.3 cm³/mol. The molecule has 1 saturated heterocycles. The van der Waals surface area contributed by atoms with Crippen molar-refractivity contribution in [1.82, 2.24) is 20.2 Å². The maximum atomic E-state index is 13.2. The Hall–Kier alpha value is -2.83. The van der Waals surface area contributed by atoms with Crippen LogP contribution in [0.4, 0.5) is 4.39 Å². The minimum atomic E-state index is -0.361. The number of carbonyl (C=O) groups is 2. The first-order valence-electron chi connectivity index (χ1n) is 8.62. The molecule has 3 rings (SSSR count). The minimum absolute atomic E-state index is 0.0306. The van der Waals surface area contributed by atoms with E-state index in [2.05, 4.69) is 15.3 Å². The smallest absolute Gasteiger partial charge is 0.224 e. The van der Waals surface area contributed by atoms with E-state index in [0.29, 0.717) is 11.3 Å². The van der Waals surface area contributed by atoms with Gasteiger partial charge in [-0.15, -0.1) is 0 Å². The molecule has 6 nitrogen and oxygen atoms in total. The van der Waals surface area contributed by atoms with E-state index in [1.54, 1.807) is 36.4 Å². The van der Waals surface area contributed by atoms with Gasteiger partial charge in [0.05, 0.1) is 42.8 Å². The van der Waals surface area contributed by atoms with Crippen LogP contribution in [-0.2, 0) is 22.6 Å². The molecule has 0 aliphatic carbocycles. The molecule has 1 aliphatic rings. The maximum Gasteiger partial charge on any atom is 0.224 e. The molecular weight excluding hydrogens is 335 g/mol. The molecule has 0 saturated carbocycles. The first-order chi connectivity index (χ1) is 12.5. The van der Waals surface area contributed by atoms with Gasteiger partial charge in [0, 0.05) is 13.5 Å². The Morgan fingerprint density at radius 3 is 2.96 bits per heavy atom. The number of hydrogen-bond donors (Lipinski definition) is 1. The van der Waals surface area contributed by atoms with Crippen LogP contribution in [0, 0.1) is 5.82 Å². The van der Waals surface area contributed by atoms with Crippen LogP contribution in [0.3, 0.4) is 0 Å². The lowest BCUT2D eigenvalue weighted by Gasteiger charge is -2.22. The average Bonchev–Trinajstić information content (AvgIpc) is 3.10. The number of nitrogens with zero attached hydrogens (tertiary/aromatic N) is 3. The summed E-state index contributed by atoms with van der Waals surface area (Å²) in [6.45, 7) is 2.53. The quantitative estimate of drug-likeness (QED) is 0.891. The van der Waals surface area contributed by atoms with E-state index in [1.807, 2.05) is 0 Å². The first-order valence-corrected chi connectivity index (χ1v) is 8.62. The van der Waals surface area contributed by atoms with Gasteiger partial charge in [-0.05, 0) is 30.5 Å². The fourth-order valence-corrected chi connectivity index (χ4v) is 3.20. The molecule has 1 aliphatic heterocycles. The number of hydrogen-bond acceptors (Lipinski definition) is 4. The molecule has 0 radical (unpaired) electrons. The summed E-state index contributed by atoms with van der Waals surface area (Å²) in [6.07, 6.45) is 5.18. The lowest BCUT2D eigenvalue weighted by Crippen LogP contribution is -2.29. The van der Waals surface area contributed by atoms with Gasteiger partial charge in [-0.3, -0.25) is 19.6 Å². The van der Waals surface area contributed by atoms with E-state index >= 15 is 0 Å². The summed E-state index contributed by atoms with van der Waals surface area (Å²) in [5.41, 5.74) is 1.99. The molecule has 2 aromatic rings. The van der Waals surface area contributed by atoms with Crippen molar-refractivity contribution in [3.8, 4) is 0 Å². The molecule has 1 aromatic heterocycles. The van der Waals surface area contributed by atoms with Crippen molar-refractivity contribution < 1.29 is 14.0 Å². The molecule has 26 heavy (non-hydrogen) atoms. The van der Waals surface area contributed by atoms with Gasteiger partial charge >= 0.3 is 0 Å². The van der Waals surface area contributed by atoms with Crippen molar-refractivity contribution in [3.05, 3.63) is 59.4 Å². The summed E-state index contributed by atoms with van der Waals surface area (Å²) in [4.78, 5) is 34.3. The third-order valence-electron chi connectivity index (χ3n) is 4.42. The van der Waals surface area contributed by atoms with Gasteiger partial charge < -0.3 is 10.2 Å². The monoisotopic (exact) mass is 356 g/mol. The predicted octanol–water partition coefficient (Wildman–Crippen LogP) is 2.16. The van der Waals surface area contributed by atoms with Crippen molar-refractivity contribution in [3.63, 3.8) is 0 Å². The highest BCUT2D eigenvalue weighted by molar-refractivity contribution is 5.78. The van der Waals surface area contributed by atoms with Crippen molar-refractivity contribution >= 4 is 11.8 Å². The summed E-state index contributed by atoms with van der Waals surface area (Å²) in [7, 11) is 0. The third-order valence-corrected chi connectivity index (χ3v) is 4.42. The fourth-order valence-electron chi connectivity index (χ4n) is 3.20. The largest absolute Gasteiger partial charge is 0.350 e. The van der Waals surface area contributed by atoms with Crippen LogP contribution < -0.4 is 5.32 Å². The summed E-state index contributed by atoms with van der Waals surface area (Å²) in [5, 5.41) is 2.77. The zero-order valence-corrected chi connectivity index (χ0v) is 14.6. The summed E-state index contributed by atoms with van der Waals surface area (Å²) >= 11 is 0. The van der Waals surface area contributed by atoms with Gasteiger partial charge in [-0.2, -0.15) is 0 Å². The molecule has 136 valence electrons. The second-order valence-corrected chi connectivity index (χ2v) is 6.39. The Morgan fingerprint density at radius 1 is 1.35 bits per heavy atom. The van der Waals surface area contributed by atoms with Crippen LogP contribution in [0.15, 0.2) is 36.7 Å². The Kier molecular flexibility index (Phi) is 5.55. The molecule has 1 atom stereocenters. The van der Waals surface area contributed by atoms with Crippen LogP contribution in [-0.4, -0.2) is 33.2 Å². The Labute approximate surface area is 151 Å². The molecule has 0 spiro atoms. The van der Waals surface area contributed by atoms with Crippen LogP contribution in [0.25, 0.3) is 0 Å². The van der Waals surface area contributed by atoms with Crippen LogP contribution in [0.5, 0.6) is 0 Å². The van der Waals surface area contributed by atoms with Crippen LogP contribution >= 0.6 is 0 Å². The van der Waals surface area contributed by atoms with Gasteiger partial charge in [0.2, 0.25) is 11.8 Å². The van der Waals surface area contributed by atoms with Gasteiger partial charge in [0.1, 0.15) is 5.82 Å². The number of nitrogens with one attached hydrogen (secondary N) is 1. The lowest BCUT2D eigenvalue weighted by atomic mass is 10.1. The first kappa shape index (κ1) is 18.0. The van der Waals surface area contributed by atoms with E-state index in [1.165, 1.54) is 12.1 Å². The number of rotatable bonds is 5. The zero-order valence-electron chi connectivity index (χ0n) is 14.6. The van der Waals surface area contributed by atoms with E-state index in [9.17, 15) is 14.0 Å². The third kappa shape index (κ3) is 4.41. The molecule has 0 unspecified atom stereocenters. The molecule has 7 heteroatoms. The van der Waals surface area contributed by atoms with Crippen molar-refractivity contribution in [2.24, 2.45) is 0 Å². The average molecular weight is 356 g/mol. The minimum Gasteiger partial charge on any atom is -0.350 e. The normalized spacial score (nSPS) is 16.5. The molecule has 0 bridgehead atoms. The number of carbonyl (C=O) groups excluding carboxylic acids is 2. The number of likely N-dealkylation sites (tertiary alicyclic amines) is 1. The molecule has 2 heterocycles. The molecule has 2 amide bonds.